The largest absolute Gasteiger partial charge is 0.299 e. The average Bonchev–Trinajstić information content (AvgIpc) is 2.08. The van der Waals surface area contributed by atoms with E-state index in [-0.39, 0.29) is 10.6 Å². The van der Waals surface area contributed by atoms with Crippen LogP contribution in [0.15, 0.2) is 12.4 Å². The van der Waals surface area contributed by atoms with Gasteiger partial charge in [0.25, 0.3) is 0 Å². The van der Waals surface area contributed by atoms with Crippen LogP contribution in [0.3, 0.4) is 0 Å². The number of carbonyl (C=O) groups is 1. The molecule has 0 fully saturated rings. The number of rotatable bonds is 3. The summed E-state index contributed by atoms with van der Waals surface area (Å²) in [4.78, 5) is 18.9. The molecular formula is C9H11BrN2O. The molecule has 0 N–H and O–H groups in total. The predicted octanol–water partition coefficient (Wildman–Crippen LogP) is 1.68. The fourth-order valence-corrected chi connectivity index (χ4v) is 1.25. The van der Waals surface area contributed by atoms with Gasteiger partial charge in [0.05, 0.1) is 4.83 Å². The molecule has 0 aliphatic carbocycles. The van der Waals surface area contributed by atoms with Crippen molar-refractivity contribution in [2.45, 2.75) is 25.1 Å². The predicted molar refractivity (Wildman–Crippen MR) is 53.9 cm³/mol. The molecule has 70 valence electrons. The van der Waals surface area contributed by atoms with E-state index in [1.807, 2.05) is 6.92 Å². The average molecular weight is 243 g/mol. The molecule has 1 atom stereocenters. The second kappa shape index (κ2) is 4.46. The molecule has 0 aromatic carbocycles. The van der Waals surface area contributed by atoms with Crippen LogP contribution < -0.4 is 0 Å². The lowest BCUT2D eigenvalue weighted by molar-refractivity contribution is -0.116. The van der Waals surface area contributed by atoms with Gasteiger partial charge in [-0.05, 0) is 25.8 Å². The fourth-order valence-electron chi connectivity index (χ4n) is 0.875. The van der Waals surface area contributed by atoms with Crippen LogP contribution in [0.2, 0.25) is 0 Å². The van der Waals surface area contributed by atoms with Crippen molar-refractivity contribution in [2.75, 3.05) is 0 Å². The standard InChI is InChI=1S/C9H11BrN2O/c1-6(13)9(10)3-8-4-11-7(2)12-5-8/h4-5,9H,3H2,1-2H3. The van der Waals surface area contributed by atoms with E-state index in [0.717, 1.165) is 11.4 Å². The van der Waals surface area contributed by atoms with Crippen LogP contribution in [0.25, 0.3) is 0 Å². The second-order valence-electron chi connectivity index (χ2n) is 2.92. The van der Waals surface area contributed by atoms with E-state index in [0.29, 0.717) is 6.42 Å². The zero-order valence-electron chi connectivity index (χ0n) is 7.62. The Morgan fingerprint density at radius 2 is 2.08 bits per heavy atom. The molecule has 1 aromatic heterocycles. The molecule has 0 saturated carbocycles. The molecule has 0 aliphatic rings. The van der Waals surface area contributed by atoms with Crippen molar-refractivity contribution < 1.29 is 4.79 Å². The number of hydrogen-bond donors (Lipinski definition) is 0. The SMILES string of the molecule is CC(=O)C(Br)Cc1cnc(C)nc1. The van der Waals surface area contributed by atoms with Crippen LogP contribution >= 0.6 is 15.9 Å². The monoisotopic (exact) mass is 242 g/mol. The Kier molecular flexibility index (Phi) is 3.54. The van der Waals surface area contributed by atoms with Gasteiger partial charge in [-0.25, -0.2) is 9.97 Å². The summed E-state index contributed by atoms with van der Waals surface area (Å²) >= 11 is 3.29. The minimum Gasteiger partial charge on any atom is -0.299 e. The third-order valence-corrected chi connectivity index (χ3v) is 2.66. The van der Waals surface area contributed by atoms with Crippen LogP contribution in [0.5, 0.6) is 0 Å². The first-order valence-corrected chi connectivity index (χ1v) is 4.93. The van der Waals surface area contributed by atoms with E-state index in [9.17, 15) is 4.79 Å². The van der Waals surface area contributed by atoms with Gasteiger partial charge >= 0.3 is 0 Å². The molecule has 3 nitrogen and oxygen atoms in total. The first kappa shape index (κ1) is 10.3. The second-order valence-corrected chi connectivity index (χ2v) is 4.03. The van der Waals surface area contributed by atoms with Crippen molar-refractivity contribution in [2.24, 2.45) is 0 Å². The number of aromatic nitrogens is 2. The Labute approximate surface area is 85.7 Å². The van der Waals surface area contributed by atoms with Crippen molar-refractivity contribution in [3.8, 4) is 0 Å². The Morgan fingerprint density at radius 3 is 2.54 bits per heavy atom. The third kappa shape index (κ3) is 3.22. The van der Waals surface area contributed by atoms with Gasteiger partial charge in [-0.15, -0.1) is 0 Å². The first-order valence-electron chi connectivity index (χ1n) is 4.01. The molecule has 0 spiro atoms. The van der Waals surface area contributed by atoms with Gasteiger partial charge in [-0.1, -0.05) is 15.9 Å². The first-order chi connectivity index (χ1) is 6.09. The van der Waals surface area contributed by atoms with Gasteiger partial charge in [-0.3, -0.25) is 4.79 Å². The molecule has 0 amide bonds. The van der Waals surface area contributed by atoms with Crippen molar-refractivity contribution in [1.82, 2.24) is 9.97 Å². The Bertz CT molecular complexity index is 297. The molecule has 0 bridgehead atoms. The number of carbonyl (C=O) groups excluding carboxylic acids is 1. The number of halogens is 1. The highest BCUT2D eigenvalue weighted by atomic mass is 79.9. The van der Waals surface area contributed by atoms with Crippen LogP contribution in [0.4, 0.5) is 0 Å². The molecule has 1 aromatic rings. The molecule has 1 unspecified atom stereocenters. The van der Waals surface area contributed by atoms with Gasteiger partial charge in [0.1, 0.15) is 11.6 Å². The molecule has 1 heterocycles. The minimum atomic E-state index is -0.126. The quantitative estimate of drug-likeness (QED) is 0.758. The summed E-state index contributed by atoms with van der Waals surface area (Å²) in [5.41, 5.74) is 0.975. The van der Waals surface area contributed by atoms with Crippen LogP contribution in [0.1, 0.15) is 18.3 Å². The van der Waals surface area contributed by atoms with Gasteiger partial charge in [0.15, 0.2) is 0 Å². The molecule has 0 aliphatic heterocycles. The lowest BCUT2D eigenvalue weighted by Gasteiger charge is -2.04. The summed E-state index contributed by atoms with van der Waals surface area (Å²) in [7, 11) is 0. The van der Waals surface area contributed by atoms with Crippen molar-refractivity contribution in [1.29, 1.82) is 0 Å². The highest BCUT2D eigenvalue weighted by Crippen LogP contribution is 2.09. The van der Waals surface area contributed by atoms with Gasteiger partial charge in [0.2, 0.25) is 0 Å². The van der Waals surface area contributed by atoms with E-state index >= 15 is 0 Å². The van der Waals surface area contributed by atoms with Gasteiger partial charge < -0.3 is 0 Å². The molecule has 13 heavy (non-hydrogen) atoms. The number of aryl methyl sites for hydroxylation is 1. The van der Waals surface area contributed by atoms with Gasteiger partial charge in [-0.2, -0.15) is 0 Å². The molecular weight excluding hydrogens is 232 g/mol. The molecule has 0 radical (unpaired) electrons. The number of ketones is 1. The maximum absolute atomic E-state index is 10.9. The Balaban J connectivity index is 2.64. The van der Waals surface area contributed by atoms with E-state index in [1.165, 1.54) is 0 Å². The number of hydrogen-bond acceptors (Lipinski definition) is 3. The van der Waals surface area contributed by atoms with Crippen molar-refractivity contribution >= 4 is 21.7 Å². The van der Waals surface area contributed by atoms with E-state index in [4.69, 9.17) is 0 Å². The zero-order valence-corrected chi connectivity index (χ0v) is 9.21. The number of nitrogens with zero attached hydrogens (tertiary/aromatic N) is 2. The normalized spacial score (nSPS) is 12.5. The Hall–Kier alpha value is -0.770. The maximum Gasteiger partial charge on any atom is 0.143 e. The summed E-state index contributed by atoms with van der Waals surface area (Å²) in [5.74, 6) is 0.873. The lowest BCUT2D eigenvalue weighted by atomic mass is 10.1. The van der Waals surface area contributed by atoms with Crippen LogP contribution in [-0.2, 0) is 11.2 Å². The van der Waals surface area contributed by atoms with Crippen LogP contribution in [0, 0.1) is 6.92 Å². The molecule has 0 saturated heterocycles. The van der Waals surface area contributed by atoms with Crippen molar-refractivity contribution in [3.63, 3.8) is 0 Å². The summed E-state index contributed by atoms with van der Waals surface area (Å²) in [6.45, 7) is 3.40. The summed E-state index contributed by atoms with van der Waals surface area (Å²) < 4.78 is 0. The van der Waals surface area contributed by atoms with Crippen LogP contribution in [-0.4, -0.2) is 20.6 Å². The lowest BCUT2D eigenvalue weighted by Crippen LogP contribution is -2.13. The highest BCUT2D eigenvalue weighted by Gasteiger charge is 2.10. The maximum atomic E-state index is 10.9. The number of Topliss-reactive ketones (excluding diaryl/α,β-unsaturated/α-hetero) is 1. The smallest absolute Gasteiger partial charge is 0.143 e. The highest BCUT2D eigenvalue weighted by molar-refractivity contribution is 9.10. The van der Waals surface area contributed by atoms with E-state index < -0.39 is 0 Å². The van der Waals surface area contributed by atoms with Gasteiger partial charge in [0, 0.05) is 12.4 Å². The Morgan fingerprint density at radius 1 is 1.54 bits per heavy atom. The zero-order chi connectivity index (χ0) is 9.84. The molecule has 4 heteroatoms. The molecule has 1 rings (SSSR count). The van der Waals surface area contributed by atoms with Crippen molar-refractivity contribution in [3.05, 3.63) is 23.8 Å². The summed E-state index contributed by atoms with van der Waals surface area (Å²) in [5, 5.41) is 0. The van der Waals surface area contributed by atoms with E-state index in [1.54, 1.807) is 19.3 Å². The summed E-state index contributed by atoms with van der Waals surface area (Å²) in [6.07, 6.45) is 4.15. The number of alkyl halides is 1. The topological polar surface area (TPSA) is 42.9 Å². The third-order valence-electron chi connectivity index (χ3n) is 1.69. The minimum absolute atomic E-state index is 0.126. The fraction of sp³-hybridized carbons (Fsp3) is 0.444. The summed E-state index contributed by atoms with van der Waals surface area (Å²) in [6, 6.07) is 0. The van der Waals surface area contributed by atoms with E-state index in [2.05, 4.69) is 25.9 Å².